The van der Waals surface area contributed by atoms with Crippen LogP contribution in [0.5, 0.6) is 0 Å². The molecule has 1 aliphatic rings. The van der Waals surface area contributed by atoms with Crippen LogP contribution in [0.1, 0.15) is 17.3 Å². The minimum atomic E-state index is -3.53. The van der Waals surface area contributed by atoms with Crippen molar-refractivity contribution in [3.05, 3.63) is 53.1 Å². The highest BCUT2D eigenvalue weighted by molar-refractivity contribution is 7.90. The molecule has 1 amide bonds. The Kier molecular flexibility index (Phi) is 7.19. The van der Waals surface area contributed by atoms with Crippen molar-refractivity contribution in [1.29, 1.82) is 0 Å². The van der Waals surface area contributed by atoms with Gasteiger partial charge in [0.05, 0.1) is 28.7 Å². The second-order valence-corrected chi connectivity index (χ2v) is 9.52. The van der Waals surface area contributed by atoms with E-state index < -0.39 is 27.8 Å². The van der Waals surface area contributed by atoms with Crippen LogP contribution in [0.3, 0.4) is 0 Å². The summed E-state index contributed by atoms with van der Waals surface area (Å²) in [6.07, 6.45) is -0.101. The lowest BCUT2D eigenvalue weighted by Gasteiger charge is -2.28. The van der Waals surface area contributed by atoms with Gasteiger partial charge in [-0.1, -0.05) is 11.6 Å². The lowest BCUT2D eigenvalue weighted by Crippen LogP contribution is -2.36. The molecule has 0 aromatic heterocycles. The van der Waals surface area contributed by atoms with Crippen LogP contribution in [0.2, 0.25) is 5.02 Å². The molecule has 166 valence electrons. The number of nitrogens with one attached hydrogen (secondary N) is 1. The van der Waals surface area contributed by atoms with Gasteiger partial charge in [-0.05, 0) is 49.4 Å². The van der Waals surface area contributed by atoms with Crippen LogP contribution < -0.4 is 10.2 Å². The zero-order valence-electron chi connectivity index (χ0n) is 17.1. The predicted molar refractivity (Wildman–Crippen MR) is 118 cm³/mol. The van der Waals surface area contributed by atoms with E-state index in [0.717, 1.165) is 31.1 Å². The number of anilines is 2. The summed E-state index contributed by atoms with van der Waals surface area (Å²) < 4.78 is 33.9. The highest BCUT2D eigenvalue weighted by atomic mass is 35.5. The minimum absolute atomic E-state index is 0.0312. The van der Waals surface area contributed by atoms with Crippen molar-refractivity contribution in [1.82, 2.24) is 0 Å². The molecule has 1 unspecified atom stereocenters. The van der Waals surface area contributed by atoms with E-state index >= 15 is 0 Å². The lowest BCUT2D eigenvalue weighted by atomic mass is 10.2. The topological polar surface area (TPSA) is 102 Å². The predicted octanol–water partition coefficient (Wildman–Crippen LogP) is 2.76. The summed E-state index contributed by atoms with van der Waals surface area (Å²) in [6, 6.07) is 11.1. The number of halogens is 1. The SMILES string of the molecule is CC(OC(=O)c1cc(S(C)(=O)=O)ccc1Cl)C(=O)Nc1ccc(N2CCOCC2)cc1. The van der Waals surface area contributed by atoms with Gasteiger partial charge >= 0.3 is 5.97 Å². The van der Waals surface area contributed by atoms with E-state index in [1.54, 1.807) is 12.1 Å². The smallest absolute Gasteiger partial charge is 0.340 e. The van der Waals surface area contributed by atoms with Crippen molar-refractivity contribution in [2.45, 2.75) is 17.9 Å². The highest BCUT2D eigenvalue weighted by Crippen LogP contribution is 2.23. The fraction of sp³-hybridized carbons (Fsp3) is 0.333. The first-order valence-corrected chi connectivity index (χ1v) is 11.9. The van der Waals surface area contributed by atoms with Crippen molar-refractivity contribution in [2.24, 2.45) is 0 Å². The van der Waals surface area contributed by atoms with Crippen LogP contribution in [0.4, 0.5) is 11.4 Å². The first kappa shape index (κ1) is 23.1. The summed E-state index contributed by atoms with van der Waals surface area (Å²) in [5, 5.41) is 2.72. The molecule has 1 atom stereocenters. The maximum absolute atomic E-state index is 12.4. The van der Waals surface area contributed by atoms with Crippen molar-refractivity contribution in [2.75, 3.05) is 42.8 Å². The number of sulfone groups is 1. The van der Waals surface area contributed by atoms with Crippen LogP contribution in [-0.4, -0.2) is 59.0 Å². The molecule has 0 aliphatic carbocycles. The largest absolute Gasteiger partial charge is 0.449 e. The fourth-order valence-electron chi connectivity index (χ4n) is 2.99. The molecule has 0 saturated carbocycles. The third kappa shape index (κ3) is 5.96. The Morgan fingerprint density at radius 2 is 1.77 bits per heavy atom. The number of rotatable bonds is 6. The van der Waals surface area contributed by atoms with E-state index in [4.69, 9.17) is 21.1 Å². The average Bonchev–Trinajstić information content (AvgIpc) is 2.74. The zero-order valence-corrected chi connectivity index (χ0v) is 18.7. The Balaban J connectivity index is 1.62. The summed E-state index contributed by atoms with van der Waals surface area (Å²) in [5.74, 6) is -1.41. The number of ether oxygens (including phenoxy) is 2. The number of carbonyl (C=O) groups excluding carboxylic acids is 2. The molecule has 0 radical (unpaired) electrons. The standard InChI is InChI=1S/C21H23ClN2O6S/c1-14(30-21(26)18-13-17(31(2,27)28)7-8-19(18)22)20(25)23-15-3-5-16(6-4-15)24-9-11-29-12-10-24/h3-8,13-14H,9-12H2,1-2H3,(H,23,25). The van der Waals surface area contributed by atoms with E-state index in [-0.39, 0.29) is 15.5 Å². The lowest BCUT2D eigenvalue weighted by molar-refractivity contribution is -0.123. The van der Waals surface area contributed by atoms with Gasteiger partial charge in [-0.3, -0.25) is 4.79 Å². The molecule has 2 aromatic carbocycles. The number of hydrogen-bond donors (Lipinski definition) is 1. The van der Waals surface area contributed by atoms with Gasteiger partial charge in [-0.25, -0.2) is 13.2 Å². The van der Waals surface area contributed by atoms with Gasteiger partial charge in [0.15, 0.2) is 15.9 Å². The molecule has 1 heterocycles. The van der Waals surface area contributed by atoms with Crippen LogP contribution in [0.25, 0.3) is 0 Å². The number of benzene rings is 2. The first-order chi connectivity index (χ1) is 14.6. The van der Waals surface area contributed by atoms with Crippen molar-refractivity contribution in [3.63, 3.8) is 0 Å². The van der Waals surface area contributed by atoms with Crippen LogP contribution >= 0.6 is 11.6 Å². The minimum Gasteiger partial charge on any atom is -0.449 e. The van der Waals surface area contributed by atoms with Crippen LogP contribution in [0, 0.1) is 0 Å². The molecule has 1 aliphatic heterocycles. The van der Waals surface area contributed by atoms with E-state index in [1.165, 1.54) is 19.1 Å². The van der Waals surface area contributed by atoms with Gasteiger partial charge in [0.25, 0.3) is 5.91 Å². The number of carbonyl (C=O) groups is 2. The molecule has 0 spiro atoms. The molecule has 1 saturated heterocycles. The van der Waals surface area contributed by atoms with Crippen molar-refractivity contribution in [3.8, 4) is 0 Å². The Bertz CT molecular complexity index is 1070. The molecular weight excluding hydrogens is 444 g/mol. The average molecular weight is 467 g/mol. The number of esters is 1. The third-order valence-corrected chi connectivity index (χ3v) is 6.19. The summed E-state index contributed by atoms with van der Waals surface area (Å²) in [7, 11) is -3.53. The molecule has 10 heteroatoms. The van der Waals surface area contributed by atoms with Gasteiger partial charge < -0.3 is 19.7 Å². The second kappa shape index (κ2) is 9.67. The molecule has 0 bridgehead atoms. The van der Waals surface area contributed by atoms with Gasteiger partial charge in [-0.2, -0.15) is 0 Å². The van der Waals surface area contributed by atoms with Gasteiger partial charge in [0.2, 0.25) is 0 Å². The maximum Gasteiger partial charge on any atom is 0.340 e. The fourth-order valence-corrected chi connectivity index (χ4v) is 3.83. The normalized spacial score (nSPS) is 15.3. The Morgan fingerprint density at radius 1 is 1.13 bits per heavy atom. The third-order valence-electron chi connectivity index (χ3n) is 4.75. The van der Waals surface area contributed by atoms with Crippen molar-refractivity contribution < 1.29 is 27.5 Å². The van der Waals surface area contributed by atoms with E-state index in [2.05, 4.69) is 10.2 Å². The molecule has 2 aromatic rings. The first-order valence-electron chi connectivity index (χ1n) is 9.59. The van der Waals surface area contributed by atoms with Gasteiger partial charge in [0, 0.05) is 30.7 Å². The summed E-state index contributed by atoms with van der Waals surface area (Å²) in [5.41, 5.74) is 1.46. The maximum atomic E-state index is 12.4. The van der Waals surface area contributed by atoms with Crippen LogP contribution in [0.15, 0.2) is 47.4 Å². The molecule has 31 heavy (non-hydrogen) atoms. The molecule has 8 nitrogen and oxygen atoms in total. The Labute approximate surface area is 186 Å². The van der Waals surface area contributed by atoms with E-state index in [0.29, 0.717) is 18.9 Å². The van der Waals surface area contributed by atoms with Gasteiger partial charge in [0.1, 0.15) is 0 Å². The van der Waals surface area contributed by atoms with Gasteiger partial charge in [-0.15, -0.1) is 0 Å². The Morgan fingerprint density at radius 3 is 2.39 bits per heavy atom. The number of hydrogen-bond acceptors (Lipinski definition) is 7. The summed E-state index contributed by atoms with van der Waals surface area (Å²) in [4.78, 5) is 27.0. The quantitative estimate of drug-likeness (QED) is 0.653. The monoisotopic (exact) mass is 466 g/mol. The van der Waals surface area contributed by atoms with E-state index in [9.17, 15) is 18.0 Å². The number of nitrogens with zero attached hydrogens (tertiary/aromatic N) is 1. The summed E-state index contributed by atoms with van der Waals surface area (Å²) >= 11 is 6.00. The van der Waals surface area contributed by atoms with Crippen LogP contribution in [-0.2, 0) is 24.1 Å². The molecule has 1 fully saturated rings. The second-order valence-electron chi connectivity index (χ2n) is 7.10. The zero-order chi connectivity index (χ0) is 22.6. The van der Waals surface area contributed by atoms with Crippen molar-refractivity contribution >= 4 is 44.7 Å². The molecule has 1 N–H and O–H groups in total. The highest BCUT2D eigenvalue weighted by Gasteiger charge is 2.22. The Hall–Kier alpha value is -2.62. The number of morpholine rings is 1. The number of amides is 1. The van der Waals surface area contributed by atoms with E-state index in [1.807, 2.05) is 12.1 Å². The molecular formula is C21H23ClN2O6S. The molecule has 3 rings (SSSR count). The summed E-state index contributed by atoms with van der Waals surface area (Å²) in [6.45, 7) is 4.39.